The molecule has 0 aromatic rings. The minimum absolute atomic E-state index is 0.0543. The third-order valence-corrected chi connectivity index (χ3v) is 6.80. The molecular formula is C10H20N2OS2. The smallest absolute Gasteiger partial charge is 0.236 e. The van der Waals surface area contributed by atoms with Gasteiger partial charge in [-0.3, -0.25) is 4.79 Å². The summed E-state index contributed by atoms with van der Waals surface area (Å²) in [6.45, 7) is 10.3. The summed E-state index contributed by atoms with van der Waals surface area (Å²) in [7, 11) is 3.66. The van der Waals surface area contributed by atoms with Gasteiger partial charge in [-0.15, -0.1) is 0 Å². The van der Waals surface area contributed by atoms with Crippen LogP contribution in [0.2, 0.25) is 0 Å². The first-order valence-electron chi connectivity index (χ1n) is 5.09. The topological polar surface area (TPSA) is 55.1 Å². The highest BCUT2D eigenvalue weighted by Crippen LogP contribution is 2.56. The molecule has 0 unspecified atom stereocenters. The molecule has 15 heavy (non-hydrogen) atoms. The van der Waals surface area contributed by atoms with E-state index in [9.17, 15) is 4.79 Å². The van der Waals surface area contributed by atoms with Crippen molar-refractivity contribution in [3.05, 3.63) is 0 Å². The highest BCUT2D eigenvalue weighted by molar-refractivity contribution is 8.78. The van der Waals surface area contributed by atoms with E-state index in [1.807, 2.05) is 21.6 Å². The van der Waals surface area contributed by atoms with E-state index in [1.165, 1.54) is 0 Å². The van der Waals surface area contributed by atoms with Crippen LogP contribution in [-0.2, 0) is 4.79 Å². The van der Waals surface area contributed by atoms with Crippen molar-refractivity contribution in [1.82, 2.24) is 5.32 Å². The van der Waals surface area contributed by atoms with Crippen molar-refractivity contribution in [3.63, 3.8) is 0 Å². The minimum Gasteiger partial charge on any atom is -0.349 e. The second-order valence-electron chi connectivity index (χ2n) is 5.10. The Morgan fingerprint density at radius 1 is 1.27 bits per heavy atom. The third kappa shape index (κ3) is 2.82. The van der Waals surface area contributed by atoms with Gasteiger partial charge in [0.25, 0.3) is 0 Å². The number of hydrogen-bond donors (Lipinski definition) is 2. The molecule has 1 aliphatic rings. The van der Waals surface area contributed by atoms with Crippen LogP contribution in [0.4, 0.5) is 0 Å². The molecule has 1 rings (SSSR count). The minimum atomic E-state index is -0.438. The zero-order chi connectivity index (χ0) is 11.9. The lowest BCUT2D eigenvalue weighted by atomic mass is 9.91. The van der Waals surface area contributed by atoms with Gasteiger partial charge < -0.3 is 11.1 Å². The number of hydrogen-bond acceptors (Lipinski definition) is 4. The summed E-state index contributed by atoms with van der Waals surface area (Å²) in [6, 6.07) is -0.286. The Morgan fingerprint density at radius 3 is 2.00 bits per heavy atom. The molecule has 1 atom stereocenters. The van der Waals surface area contributed by atoms with Crippen molar-refractivity contribution < 1.29 is 4.79 Å². The maximum atomic E-state index is 11.6. The largest absolute Gasteiger partial charge is 0.349 e. The normalized spacial score (nSPS) is 26.3. The predicted molar refractivity (Wildman–Crippen MR) is 68.9 cm³/mol. The van der Waals surface area contributed by atoms with Gasteiger partial charge in [-0.1, -0.05) is 21.6 Å². The number of rotatable bonds is 2. The number of nitrogens with two attached hydrogens (primary N) is 1. The summed E-state index contributed by atoms with van der Waals surface area (Å²) >= 11 is 0. The molecule has 1 amide bonds. The van der Waals surface area contributed by atoms with Crippen molar-refractivity contribution in [2.24, 2.45) is 5.73 Å². The van der Waals surface area contributed by atoms with E-state index in [-0.39, 0.29) is 21.4 Å². The molecule has 0 aromatic heterocycles. The molecule has 0 saturated carbocycles. The van der Waals surface area contributed by atoms with Crippen LogP contribution in [0.15, 0.2) is 0 Å². The Hall–Kier alpha value is 0.130. The summed E-state index contributed by atoms with van der Waals surface area (Å²) in [5.74, 6) is -0.0655. The Morgan fingerprint density at radius 2 is 1.67 bits per heavy atom. The molecule has 0 spiro atoms. The van der Waals surface area contributed by atoms with Crippen molar-refractivity contribution in [2.75, 3.05) is 0 Å². The molecule has 3 N–H and O–H groups in total. The summed E-state index contributed by atoms with van der Waals surface area (Å²) in [6.07, 6.45) is 0. The molecule has 0 bridgehead atoms. The molecule has 1 aliphatic heterocycles. The number of nitrogens with one attached hydrogen (secondary N) is 1. The van der Waals surface area contributed by atoms with Crippen LogP contribution in [0, 0.1) is 0 Å². The van der Waals surface area contributed by atoms with E-state index < -0.39 is 6.04 Å². The van der Waals surface area contributed by atoms with Gasteiger partial charge in [0.1, 0.15) is 0 Å². The molecule has 1 fully saturated rings. The Kier molecular flexibility index (Phi) is 3.68. The van der Waals surface area contributed by atoms with Crippen molar-refractivity contribution in [2.45, 2.75) is 56.2 Å². The highest BCUT2D eigenvalue weighted by atomic mass is 33.1. The van der Waals surface area contributed by atoms with Crippen molar-refractivity contribution >= 4 is 27.5 Å². The number of amides is 1. The van der Waals surface area contributed by atoms with E-state index in [0.717, 1.165) is 0 Å². The zero-order valence-corrected chi connectivity index (χ0v) is 11.6. The van der Waals surface area contributed by atoms with Gasteiger partial charge in [-0.2, -0.15) is 0 Å². The first-order valence-corrected chi connectivity index (χ1v) is 7.24. The van der Waals surface area contributed by atoms with Crippen molar-refractivity contribution in [3.8, 4) is 0 Å². The van der Waals surface area contributed by atoms with Crippen LogP contribution in [-0.4, -0.2) is 27.5 Å². The SMILES string of the molecule is C[C@@H](N)C(=O)NC1C(C)(C)SSC1(C)C. The fourth-order valence-electron chi connectivity index (χ4n) is 1.77. The average molecular weight is 248 g/mol. The van der Waals surface area contributed by atoms with E-state index in [0.29, 0.717) is 0 Å². The fourth-order valence-corrected chi connectivity index (χ4v) is 5.04. The second-order valence-corrected chi connectivity index (χ2v) is 8.54. The standard InChI is InChI=1S/C10H20N2OS2/c1-6(11)7(13)12-8-9(2,3)14-15-10(8,4)5/h6,8H,11H2,1-5H3,(H,12,13)/t6-/m1/s1. The van der Waals surface area contributed by atoms with Crippen LogP contribution in [0.5, 0.6) is 0 Å². The third-order valence-electron chi connectivity index (χ3n) is 2.56. The Balaban J connectivity index is 2.77. The Labute approximate surface area is 99.7 Å². The van der Waals surface area contributed by atoms with Gasteiger partial charge in [-0.05, 0) is 34.6 Å². The van der Waals surface area contributed by atoms with E-state index in [1.54, 1.807) is 6.92 Å². The second kappa shape index (κ2) is 4.18. The summed E-state index contributed by atoms with van der Waals surface area (Å²) in [4.78, 5) is 11.6. The maximum Gasteiger partial charge on any atom is 0.236 e. The predicted octanol–water partition coefficient (Wildman–Crippen LogP) is 1.77. The molecule has 5 heteroatoms. The van der Waals surface area contributed by atoms with Gasteiger partial charge in [0.15, 0.2) is 0 Å². The number of carbonyl (C=O) groups excluding carboxylic acids is 1. The molecule has 1 saturated heterocycles. The lowest BCUT2D eigenvalue weighted by molar-refractivity contribution is -0.123. The lowest BCUT2D eigenvalue weighted by Crippen LogP contribution is -2.56. The van der Waals surface area contributed by atoms with Crippen LogP contribution in [0.1, 0.15) is 34.6 Å². The van der Waals surface area contributed by atoms with Crippen LogP contribution in [0.25, 0.3) is 0 Å². The molecule has 1 heterocycles. The van der Waals surface area contributed by atoms with E-state index in [4.69, 9.17) is 5.73 Å². The summed E-state index contributed by atoms with van der Waals surface area (Å²) in [5, 5.41) is 3.05. The average Bonchev–Trinajstić information content (AvgIpc) is 2.28. The Bertz CT molecular complexity index is 248. The highest BCUT2D eigenvalue weighted by Gasteiger charge is 2.49. The number of carbonyl (C=O) groups is 1. The first-order chi connectivity index (χ1) is 6.67. The van der Waals surface area contributed by atoms with Gasteiger partial charge in [-0.25, -0.2) is 0 Å². The molecule has 0 radical (unpaired) electrons. The monoisotopic (exact) mass is 248 g/mol. The summed E-state index contributed by atoms with van der Waals surface area (Å²) < 4.78 is 0.109. The van der Waals surface area contributed by atoms with Gasteiger partial charge in [0.05, 0.1) is 12.1 Å². The molecule has 3 nitrogen and oxygen atoms in total. The zero-order valence-electron chi connectivity index (χ0n) is 9.96. The van der Waals surface area contributed by atoms with Crippen LogP contribution in [0.3, 0.4) is 0 Å². The molecule has 88 valence electrons. The van der Waals surface area contributed by atoms with Crippen molar-refractivity contribution in [1.29, 1.82) is 0 Å². The van der Waals surface area contributed by atoms with Gasteiger partial charge >= 0.3 is 0 Å². The van der Waals surface area contributed by atoms with Gasteiger partial charge in [0, 0.05) is 9.49 Å². The molecule has 0 aromatic carbocycles. The van der Waals surface area contributed by atoms with E-state index >= 15 is 0 Å². The quantitative estimate of drug-likeness (QED) is 0.731. The van der Waals surface area contributed by atoms with Crippen LogP contribution < -0.4 is 11.1 Å². The maximum absolute atomic E-state index is 11.6. The first kappa shape index (κ1) is 13.2. The lowest BCUT2D eigenvalue weighted by Gasteiger charge is -2.33. The van der Waals surface area contributed by atoms with Crippen LogP contribution >= 0.6 is 21.6 Å². The fraction of sp³-hybridized carbons (Fsp3) is 0.900. The molecular weight excluding hydrogens is 228 g/mol. The molecule has 0 aliphatic carbocycles. The van der Waals surface area contributed by atoms with Gasteiger partial charge in [0.2, 0.25) is 5.91 Å². The summed E-state index contributed by atoms with van der Waals surface area (Å²) in [5.41, 5.74) is 5.57. The van der Waals surface area contributed by atoms with E-state index in [2.05, 4.69) is 33.0 Å².